The summed E-state index contributed by atoms with van der Waals surface area (Å²) in [4.78, 5) is 11.3. The zero-order valence-corrected chi connectivity index (χ0v) is 10.7. The van der Waals surface area contributed by atoms with Crippen molar-refractivity contribution in [2.24, 2.45) is 0 Å². The van der Waals surface area contributed by atoms with Crippen molar-refractivity contribution in [1.82, 2.24) is 0 Å². The number of benzene rings is 1. The van der Waals surface area contributed by atoms with E-state index < -0.39 is 0 Å². The van der Waals surface area contributed by atoms with E-state index >= 15 is 0 Å². The molecule has 1 aliphatic heterocycles. The van der Waals surface area contributed by atoms with Crippen LogP contribution in [0.4, 0.5) is 0 Å². The Bertz CT molecular complexity index is 376. The van der Waals surface area contributed by atoms with Crippen molar-refractivity contribution in [3.05, 3.63) is 35.4 Å². The molecule has 0 spiro atoms. The molecule has 0 saturated carbocycles. The predicted molar refractivity (Wildman–Crippen MR) is 67.1 cm³/mol. The second-order valence-corrected chi connectivity index (χ2v) is 5.42. The molecule has 1 fully saturated rings. The van der Waals surface area contributed by atoms with E-state index in [4.69, 9.17) is 4.74 Å². The third-order valence-corrected chi connectivity index (χ3v) is 3.98. The second-order valence-electron chi connectivity index (χ2n) is 3.82. The Balaban J connectivity index is 2.29. The Kier molecular flexibility index (Phi) is 3.29. The van der Waals surface area contributed by atoms with E-state index in [2.05, 4.69) is 35.6 Å². The molecular weight excluding hydrogens is 303 g/mol. The molecule has 1 aliphatic rings. The van der Waals surface area contributed by atoms with E-state index in [1.807, 2.05) is 18.2 Å². The van der Waals surface area contributed by atoms with Gasteiger partial charge in [0.1, 0.15) is 6.10 Å². The highest BCUT2D eigenvalue weighted by Gasteiger charge is 2.30. The molecule has 2 unspecified atom stereocenters. The first-order valence-electron chi connectivity index (χ1n) is 5.07. The van der Waals surface area contributed by atoms with Gasteiger partial charge in [-0.3, -0.25) is 4.79 Å². The summed E-state index contributed by atoms with van der Waals surface area (Å²) in [7, 11) is 0. The lowest BCUT2D eigenvalue weighted by molar-refractivity contribution is -0.153. The van der Waals surface area contributed by atoms with Crippen LogP contribution in [-0.4, -0.2) is 9.89 Å². The molecule has 2 rings (SSSR count). The summed E-state index contributed by atoms with van der Waals surface area (Å²) in [6, 6.07) is 8.10. The van der Waals surface area contributed by atoms with Crippen LogP contribution in [0.2, 0.25) is 0 Å². The molecule has 1 aromatic rings. The molecule has 0 radical (unpaired) electrons. The normalized spacial score (nSPS) is 26.1. The van der Waals surface area contributed by atoms with Gasteiger partial charge in [0.05, 0.1) is 3.92 Å². The highest BCUT2D eigenvalue weighted by Crippen LogP contribution is 2.35. The van der Waals surface area contributed by atoms with E-state index in [0.29, 0.717) is 10.3 Å². The third-order valence-electron chi connectivity index (χ3n) is 2.71. The number of hydrogen-bond acceptors (Lipinski definition) is 2. The van der Waals surface area contributed by atoms with Gasteiger partial charge in [0.2, 0.25) is 0 Å². The molecule has 1 saturated heterocycles. The topological polar surface area (TPSA) is 26.3 Å². The molecule has 1 heterocycles. The summed E-state index contributed by atoms with van der Waals surface area (Å²) >= 11 is 2.37. The fourth-order valence-electron chi connectivity index (χ4n) is 1.85. The Morgan fingerprint density at radius 1 is 1.40 bits per heavy atom. The minimum absolute atomic E-state index is 0.0620. The van der Waals surface area contributed by atoms with Crippen LogP contribution < -0.4 is 0 Å². The Morgan fingerprint density at radius 3 is 2.87 bits per heavy atom. The monoisotopic (exact) mass is 316 g/mol. The molecule has 2 nitrogen and oxygen atoms in total. The lowest BCUT2D eigenvalue weighted by Gasteiger charge is -2.28. The highest BCUT2D eigenvalue weighted by atomic mass is 127. The summed E-state index contributed by atoms with van der Waals surface area (Å²) < 4.78 is 5.81. The summed E-state index contributed by atoms with van der Waals surface area (Å²) in [5.41, 5.74) is 2.34. The molecule has 1 aromatic carbocycles. The van der Waals surface area contributed by atoms with Gasteiger partial charge in [-0.15, -0.1) is 0 Å². The first-order chi connectivity index (χ1) is 7.18. The molecular formula is C12H13IO2. The van der Waals surface area contributed by atoms with Gasteiger partial charge < -0.3 is 4.74 Å². The fraction of sp³-hybridized carbons (Fsp3) is 0.417. The van der Waals surface area contributed by atoms with Gasteiger partial charge in [-0.1, -0.05) is 46.9 Å². The molecule has 0 aromatic heterocycles. The minimum Gasteiger partial charge on any atom is -0.456 e. The Morgan fingerprint density at radius 2 is 2.13 bits per heavy atom. The van der Waals surface area contributed by atoms with Gasteiger partial charge in [0.25, 0.3) is 0 Å². The number of carbonyl (C=O) groups is 1. The van der Waals surface area contributed by atoms with Crippen LogP contribution >= 0.6 is 22.6 Å². The lowest BCUT2D eigenvalue weighted by atomic mass is 9.97. The van der Waals surface area contributed by atoms with Crippen molar-refractivity contribution in [2.45, 2.75) is 29.8 Å². The number of ether oxygens (including phenoxy) is 1. The average molecular weight is 316 g/mol. The SMILES string of the molecule is Cc1ccccc1C1OC(=O)CCC1I. The number of hydrogen-bond donors (Lipinski definition) is 0. The Labute approximate surface area is 103 Å². The second kappa shape index (κ2) is 4.51. The number of halogens is 1. The maximum atomic E-state index is 11.3. The molecule has 3 heteroatoms. The maximum absolute atomic E-state index is 11.3. The standard InChI is InChI=1S/C12H13IO2/c1-8-4-2-3-5-9(8)12-10(13)6-7-11(14)15-12/h2-5,10,12H,6-7H2,1H3. The van der Waals surface area contributed by atoms with Crippen molar-refractivity contribution in [3.8, 4) is 0 Å². The van der Waals surface area contributed by atoms with Gasteiger partial charge in [-0.05, 0) is 24.5 Å². The van der Waals surface area contributed by atoms with Gasteiger partial charge in [0.15, 0.2) is 0 Å². The number of carbonyl (C=O) groups excluding carboxylic acids is 1. The third kappa shape index (κ3) is 2.33. The van der Waals surface area contributed by atoms with E-state index in [0.717, 1.165) is 12.0 Å². The first kappa shape index (κ1) is 10.9. The van der Waals surface area contributed by atoms with Crippen LogP contribution in [-0.2, 0) is 9.53 Å². The van der Waals surface area contributed by atoms with Crippen LogP contribution in [0.5, 0.6) is 0 Å². The van der Waals surface area contributed by atoms with Gasteiger partial charge >= 0.3 is 5.97 Å². The van der Waals surface area contributed by atoms with Crippen LogP contribution in [0, 0.1) is 6.92 Å². The highest BCUT2D eigenvalue weighted by molar-refractivity contribution is 14.1. The van der Waals surface area contributed by atoms with E-state index in [1.165, 1.54) is 5.56 Å². The summed E-state index contributed by atoms with van der Waals surface area (Å²) in [5.74, 6) is -0.0730. The zero-order chi connectivity index (χ0) is 10.8. The molecule has 0 amide bonds. The van der Waals surface area contributed by atoms with Crippen LogP contribution in [0.25, 0.3) is 0 Å². The van der Waals surface area contributed by atoms with E-state index in [9.17, 15) is 4.79 Å². The van der Waals surface area contributed by atoms with E-state index in [1.54, 1.807) is 0 Å². The van der Waals surface area contributed by atoms with Crippen molar-refractivity contribution in [3.63, 3.8) is 0 Å². The lowest BCUT2D eigenvalue weighted by Crippen LogP contribution is -2.26. The van der Waals surface area contributed by atoms with Crippen LogP contribution in [0.15, 0.2) is 24.3 Å². The molecule has 0 aliphatic carbocycles. The number of aryl methyl sites for hydroxylation is 1. The predicted octanol–water partition coefficient (Wildman–Crippen LogP) is 3.18. The average Bonchev–Trinajstić information content (AvgIpc) is 2.23. The van der Waals surface area contributed by atoms with Crippen LogP contribution in [0.3, 0.4) is 0 Å². The van der Waals surface area contributed by atoms with Crippen molar-refractivity contribution in [2.75, 3.05) is 0 Å². The van der Waals surface area contributed by atoms with Crippen molar-refractivity contribution >= 4 is 28.6 Å². The number of esters is 1. The fourth-order valence-corrected chi connectivity index (χ4v) is 2.69. The Hall–Kier alpha value is -0.580. The van der Waals surface area contributed by atoms with Gasteiger partial charge in [-0.25, -0.2) is 0 Å². The van der Waals surface area contributed by atoms with Crippen molar-refractivity contribution < 1.29 is 9.53 Å². The number of alkyl halides is 1. The summed E-state index contributed by atoms with van der Waals surface area (Å²) in [6.45, 7) is 2.06. The number of rotatable bonds is 1. The van der Waals surface area contributed by atoms with Gasteiger partial charge in [0, 0.05) is 6.42 Å². The summed E-state index contributed by atoms with van der Waals surface area (Å²) in [6.07, 6.45) is 1.40. The first-order valence-corrected chi connectivity index (χ1v) is 6.32. The minimum atomic E-state index is -0.0730. The maximum Gasteiger partial charge on any atom is 0.306 e. The van der Waals surface area contributed by atoms with Crippen LogP contribution in [0.1, 0.15) is 30.1 Å². The molecule has 0 N–H and O–H groups in total. The van der Waals surface area contributed by atoms with Gasteiger partial charge in [-0.2, -0.15) is 0 Å². The molecule has 0 bridgehead atoms. The molecule has 15 heavy (non-hydrogen) atoms. The molecule has 2 atom stereocenters. The largest absolute Gasteiger partial charge is 0.456 e. The van der Waals surface area contributed by atoms with E-state index in [-0.39, 0.29) is 12.1 Å². The smallest absolute Gasteiger partial charge is 0.306 e. The van der Waals surface area contributed by atoms with Crippen molar-refractivity contribution in [1.29, 1.82) is 0 Å². The molecule has 80 valence electrons. The number of cyclic esters (lactones) is 1. The zero-order valence-electron chi connectivity index (χ0n) is 8.57. The quantitative estimate of drug-likeness (QED) is 0.452. The summed E-state index contributed by atoms with van der Waals surface area (Å²) in [5, 5.41) is 0.